The molecule has 1 atom stereocenters. The van der Waals surface area contributed by atoms with Crippen LogP contribution in [-0.4, -0.2) is 45.6 Å². The summed E-state index contributed by atoms with van der Waals surface area (Å²) in [5, 5.41) is 6.27. The zero-order valence-electron chi connectivity index (χ0n) is 16.7. The van der Waals surface area contributed by atoms with E-state index < -0.39 is 11.9 Å². The molecule has 1 aromatic carbocycles. The molecule has 1 aromatic heterocycles. The number of benzene rings is 1. The number of hydrogen-bond donors (Lipinski definition) is 2. The van der Waals surface area contributed by atoms with Crippen molar-refractivity contribution >= 4 is 57.0 Å². The third-order valence-electron chi connectivity index (χ3n) is 3.89. The van der Waals surface area contributed by atoms with Gasteiger partial charge in [0.1, 0.15) is 11.7 Å². The van der Waals surface area contributed by atoms with Crippen LogP contribution in [0.1, 0.15) is 35.8 Å². The van der Waals surface area contributed by atoms with Gasteiger partial charge in [-0.1, -0.05) is 30.8 Å². The molecule has 0 bridgehead atoms. The van der Waals surface area contributed by atoms with Gasteiger partial charge in [-0.2, -0.15) is 11.8 Å². The molecule has 0 radical (unpaired) electrons. The maximum absolute atomic E-state index is 12.8. The molecular weight excluding hydrogens is 472 g/mol. The first kappa shape index (κ1) is 23.7. The highest BCUT2D eigenvalue weighted by molar-refractivity contribution is 9.10. The number of anilines is 1. The van der Waals surface area contributed by atoms with Crippen molar-refractivity contribution in [1.29, 1.82) is 0 Å². The van der Waals surface area contributed by atoms with Gasteiger partial charge in [-0.15, -0.1) is 0 Å². The van der Waals surface area contributed by atoms with Crippen molar-refractivity contribution in [2.75, 3.05) is 23.1 Å². The first-order chi connectivity index (χ1) is 13.9. The number of hydrogen-bond acceptors (Lipinski definition) is 6. The fraction of sp³-hybridized carbons (Fsp3) is 0.400. The van der Waals surface area contributed by atoms with Gasteiger partial charge in [0.2, 0.25) is 5.91 Å². The number of carbonyl (C=O) groups is 2. The van der Waals surface area contributed by atoms with Gasteiger partial charge in [0.25, 0.3) is 5.91 Å². The number of rotatable bonds is 10. The number of aryl methyl sites for hydroxylation is 1. The summed E-state index contributed by atoms with van der Waals surface area (Å²) in [6, 6.07) is 6.90. The van der Waals surface area contributed by atoms with Crippen LogP contribution >= 0.6 is 39.5 Å². The molecule has 2 aromatic rings. The lowest BCUT2D eigenvalue weighted by Gasteiger charge is -2.18. The summed E-state index contributed by atoms with van der Waals surface area (Å²) in [6.07, 6.45) is 5.05. The second-order valence-electron chi connectivity index (χ2n) is 6.36. The molecule has 0 saturated carbocycles. The molecule has 29 heavy (non-hydrogen) atoms. The van der Waals surface area contributed by atoms with Crippen molar-refractivity contribution in [3.05, 3.63) is 46.2 Å². The minimum atomic E-state index is -0.663. The van der Waals surface area contributed by atoms with Gasteiger partial charge in [0.15, 0.2) is 5.16 Å². The maximum atomic E-state index is 12.8. The topological polar surface area (TPSA) is 84.0 Å². The number of halogens is 1. The van der Waals surface area contributed by atoms with E-state index >= 15 is 0 Å². The van der Waals surface area contributed by atoms with Crippen LogP contribution in [0.5, 0.6) is 0 Å². The second-order valence-corrected chi connectivity index (χ2v) is 9.27. The van der Waals surface area contributed by atoms with E-state index in [9.17, 15) is 9.59 Å². The predicted octanol–water partition coefficient (Wildman–Crippen LogP) is 4.54. The normalized spacial score (nSPS) is 11.7. The number of thioether (sulfide) groups is 2. The van der Waals surface area contributed by atoms with Crippen molar-refractivity contribution in [3.8, 4) is 0 Å². The Balaban J connectivity index is 2.14. The van der Waals surface area contributed by atoms with Gasteiger partial charge >= 0.3 is 0 Å². The van der Waals surface area contributed by atoms with Crippen molar-refractivity contribution in [3.63, 3.8) is 0 Å². The fourth-order valence-electron chi connectivity index (χ4n) is 2.46. The Morgan fingerprint density at radius 2 is 2.07 bits per heavy atom. The van der Waals surface area contributed by atoms with Crippen molar-refractivity contribution < 1.29 is 9.59 Å². The Labute approximate surface area is 188 Å². The largest absolute Gasteiger partial charge is 0.339 e. The molecule has 0 unspecified atom stereocenters. The summed E-state index contributed by atoms with van der Waals surface area (Å²) in [6.45, 7) is 4.03. The van der Waals surface area contributed by atoms with E-state index in [0.717, 1.165) is 23.5 Å². The Morgan fingerprint density at radius 1 is 1.28 bits per heavy atom. The van der Waals surface area contributed by atoms with Crippen molar-refractivity contribution in [2.24, 2.45) is 0 Å². The Bertz CT molecular complexity index is 851. The SMILES string of the molecule is CCCSc1ncc(Br)c(C(=O)N[C@H](CCSC)C(=O)Nc2cccc(C)c2)n1. The van der Waals surface area contributed by atoms with E-state index in [1.165, 1.54) is 11.8 Å². The zero-order valence-corrected chi connectivity index (χ0v) is 19.9. The quantitative estimate of drug-likeness (QED) is 0.371. The third-order valence-corrected chi connectivity index (χ3v) is 6.18. The van der Waals surface area contributed by atoms with Crippen LogP contribution in [0.25, 0.3) is 0 Å². The average molecular weight is 497 g/mol. The third kappa shape index (κ3) is 7.64. The van der Waals surface area contributed by atoms with E-state index in [0.29, 0.717) is 21.7 Å². The molecule has 0 aliphatic rings. The summed E-state index contributed by atoms with van der Waals surface area (Å²) in [4.78, 5) is 34.2. The minimum absolute atomic E-state index is 0.233. The van der Waals surface area contributed by atoms with E-state index in [4.69, 9.17) is 0 Å². The van der Waals surface area contributed by atoms with Gasteiger partial charge in [0, 0.05) is 17.6 Å². The molecule has 2 amide bonds. The maximum Gasteiger partial charge on any atom is 0.271 e. The van der Waals surface area contributed by atoms with E-state index in [2.05, 4.69) is 43.5 Å². The van der Waals surface area contributed by atoms with Crippen LogP contribution in [0.15, 0.2) is 40.1 Å². The highest BCUT2D eigenvalue weighted by atomic mass is 79.9. The Morgan fingerprint density at radius 3 is 2.76 bits per heavy atom. The van der Waals surface area contributed by atoms with Gasteiger partial charge in [0.05, 0.1) is 4.47 Å². The van der Waals surface area contributed by atoms with Gasteiger partial charge in [-0.05, 0) is 65.4 Å². The number of aromatic nitrogens is 2. The van der Waals surface area contributed by atoms with E-state index in [1.807, 2.05) is 37.4 Å². The molecule has 9 heteroatoms. The molecule has 2 N–H and O–H groups in total. The molecule has 0 saturated heterocycles. The number of carbonyl (C=O) groups excluding carboxylic acids is 2. The summed E-state index contributed by atoms with van der Waals surface area (Å²) in [5.41, 5.74) is 1.99. The molecule has 2 rings (SSSR count). The zero-order chi connectivity index (χ0) is 21.2. The molecule has 0 aliphatic carbocycles. The molecule has 0 aliphatic heterocycles. The van der Waals surface area contributed by atoms with E-state index in [-0.39, 0.29) is 11.6 Å². The highest BCUT2D eigenvalue weighted by Crippen LogP contribution is 2.20. The summed E-state index contributed by atoms with van der Waals surface area (Å²) < 4.78 is 0.499. The number of nitrogens with zero attached hydrogens (tertiary/aromatic N) is 2. The number of amides is 2. The molecular formula is C20H25BrN4O2S2. The van der Waals surface area contributed by atoms with Crippen LogP contribution in [-0.2, 0) is 4.79 Å². The summed E-state index contributed by atoms with van der Waals surface area (Å²) in [7, 11) is 0. The Kier molecular flexibility index (Phi) is 9.96. The predicted molar refractivity (Wildman–Crippen MR) is 125 cm³/mol. The lowest BCUT2D eigenvalue weighted by Crippen LogP contribution is -2.44. The first-order valence-corrected chi connectivity index (χ1v) is 12.4. The molecule has 0 spiro atoms. The monoisotopic (exact) mass is 496 g/mol. The minimum Gasteiger partial charge on any atom is -0.339 e. The Hall–Kier alpha value is -1.58. The van der Waals surface area contributed by atoms with E-state index in [1.54, 1.807) is 18.0 Å². The molecule has 156 valence electrons. The van der Waals surface area contributed by atoms with Crippen LogP contribution in [0, 0.1) is 6.92 Å². The van der Waals surface area contributed by atoms with Gasteiger partial charge in [-0.25, -0.2) is 9.97 Å². The lowest BCUT2D eigenvalue weighted by molar-refractivity contribution is -0.118. The summed E-state index contributed by atoms with van der Waals surface area (Å²) in [5.74, 6) is 0.971. The fourth-order valence-corrected chi connectivity index (χ4v) is 3.97. The first-order valence-electron chi connectivity index (χ1n) is 9.27. The van der Waals surface area contributed by atoms with Crippen LogP contribution in [0.4, 0.5) is 5.69 Å². The van der Waals surface area contributed by atoms with Crippen molar-refractivity contribution in [2.45, 2.75) is 37.9 Å². The second kappa shape index (κ2) is 12.2. The van der Waals surface area contributed by atoms with Crippen molar-refractivity contribution in [1.82, 2.24) is 15.3 Å². The number of nitrogens with one attached hydrogen (secondary N) is 2. The highest BCUT2D eigenvalue weighted by Gasteiger charge is 2.23. The van der Waals surface area contributed by atoms with Gasteiger partial charge in [-0.3, -0.25) is 9.59 Å². The molecule has 6 nitrogen and oxygen atoms in total. The average Bonchev–Trinajstić information content (AvgIpc) is 2.70. The van der Waals surface area contributed by atoms with Crippen LogP contribution < -0.4 is 10.6 Å². The molecule has 0 fully saturated rings. The standard InChI is InChI=1S/C20H25BrN4O2S2/c1-4-9-29-20-22-12-15(21)17(25-20)19(27)24-16(8-10-28-3)18(26)23-14-7-5-6-13(2)11-14/h5-7,11-12,16H,4,8-10H2,1-3H3,(H,23,26)(H,24,27)/t16-/m1/s1. The summed E-state index contributed by atoms with van der Waals surface area (Å²) >= 11 is 6.46. The van der Waals surface area contributed by atoms with Crippen LogP contribution in [0.2, 0.25) is 0 Å². The lowest BCUT2D eigenvalue weighted by atomic mass is 10.1. The van der Waals surface area contributed by atoms with Crippen LogP contribution in [0.3, 0.4) is 0 Å². The smallest absolute Gasteiger partial charge is 0.271 e. The molecule has 1 heterocycles. The van der Waals surface area contributed by atoms with Gasteiger partial charge < -0.3 is 10.6 Å².